The second kappa shape index (κ2) is 60.1. The molecule has 1 N–H and O–H groups in total. The van der Waals surface area contributed by atoms with Crippen LogP contribution in [0.4, 0.5) is 0 Å². The molecule has 0 aromatic rings. The summed E-state index contributed by atoms with van der Waals surface area (Å²) in [6.07, 6.45) is 80.2. The molecule has 0 bridgehead atoms. The number of allylic oxidation sites excluding steroid dienone is 12. The Morgan fingerprint density at radius 2 is 0.722 bits per heavy atom. The van der Waals surface area contributed by atoms with Crippen molar-refractivity contribution >= 4 is 19.8 Å². The maximum Gasteiger partial charge on any atom is 0.472 e. The lowest BCUT2D eigenvalue weighted by atomic mass is 10.0. The van der Waals surface area contributed by atoms with Crippen molar-refractivity contribution in [3.63, 3.8) is 0 Å². The zero-order valence-electron chi connectivity index (χ0n) is 52.4. The first-order chi connectivity index (χ1) is 38.5. The fraction of sp³-hybridized carbons (Fsp3) is 0.797. The van der Waals surface area contributed by atoms with Crippen LogP contribution >= 0.6 is 7.82 Å². The second-order valence-corrected chi connectivity index (χ2v) is 24.9. The normalized spacial score (nSPS) is 13.6. The summed E-state index contributed by atoms with van der Waals surface area (Å²) in [6.45, 7) is 4.32. The summed E-state index contributed by atoms with van der Waals surface area (Å²) in [5.74, 6) is -0.802. The van der Waals surface area contributed by atoms with Crippen LogP contribution in [-0.2, 0) is 32.7 Å². The fourth-order valence-electron chi connectivity index (χ4n) is 9.39. The van der Waals surface area contributed by atoms with Gasteiger partial charge in [0.05, 0.1) is 27.7 Å². The molecule has 0 radical (unpaired) electrons. The molecule has 0 aliphatic heterocycles. The third kappa shape index (κ3) is 64.5. The van der Waals surface area contributed by atoms with E-state index in [1.807, 2.05) is 21.1 Å². The standard InChI is InChI=1S/C69H126NO8P/c1-6-8-10-12-14-16-18-20-22-24-25-26-27-28-29-30-31-32-33-34-35-36-37-38-39-40-41-42-43-44-45-46-48-50-52-54-56-58-60-62-69(72)78-67(66-77-79(73,74)76-64-63-70(3,4)5)65-75-68(71)61-59-57-55-53-51-49-47-23-21-19-17-15-13-11-9-7-2/h8,10,14,16-17,19-20,22-23,25-26,47,67H,6-7,9,11-13,15,18,21,24,27-46,48-66H2,1-5H3/p+1/b10-8-,16-14-,19-17-,22-20-,26-25-,47-23-. The monoisotopic (exact) mass is 1130 g/mol. The SMILES string of the molecule is CC/C=C\C/C=C\C/C=C\C/C=C\CCCCCCCCCCCCCCCCCCCCCCCCCCCCC(=O)OC(COC(=O)CCCCCCC/C=C\C/C=C\CCCCCC)COP(=O)(O)OCC[N+](C)(C)C. The molecule has 0 saturated carbocycles. The van der Waals surface area contributed by atoms with Crippen molar-refractivity contribution in [2.24, 2.45) is 0 Å². The minimum Gasteiger partial charge on any atom is -0.462 e. The van der Waals surface area contributed by atoms with E-state index < -0.39 is 26.5 Å². The van der Waals surface area contributed by atoms with Crippen LogP contribution in [0.25, 0.3) is 0 Å². The molecule has 0 saturated heterocycles. The number of ether oxygens (including phenoxy) is 2. The molecule has 10 heteroatoms. The Kier molecular flexibility index (Phi) is 58.1. The Morgan fingerprint density at radius 3 is 1.08 bits per heavy atom. The number of phosphoric ester groups is 1. The molecule has 0 aliphatic rings. The highest BCUT2D eigenvalue weighted by Crippen LogP contribution is 2.43. The highest BCUT2D eigenvalue weighted by atomic mass is 31.2. The molecule has 0 spiro atoms. The minimum absolute atomic E-state index is 0.0295. The third-order valence-electron chi connectivity index (χ3n) is 14.5. The number of carbonyl (C=O) groups is 2. The van der Waals surface area contributed by atoms with Crippen molar-refractivity contribution in [3.05, 3.63) is 72.9 Å². The van der Waals surface area contributed by atoms with Crippen LogP contribution in [0.5, 0.6) is 0 Å². The van der Waals surface area contributed by atoms with Gasteiger partial charge in [-0.15, -0.1) is 0 Å². The quantitative estimate of drug-likeness (QED) is 0.0211. The van der Waals surface area contributed by atoms with Crippen molar-refractivity contribution in [2.45, 2.75) is 309 Å². The number of unbranched alkanes of at least 4 members (excludes halogenated alkanes) is 35. The molecule has 460 valence electrons. The number of carbonyl (C=O) groups excluding carboxylic acids is 2. The van der Waals surface area contributed by atoms with E-state index in [0.29, 0.717) is 17.4 Å². The van der Waals surface area contributed by atoms with Crippen molar-refractivity contribution in [2.75, 3.05) is 47.5 Å². The molecule has 79 heavy (non-hydrogen) atoms. The first-order valence-corrected chi connectivity index (χ1v) is 34.7. The van der Waals surface area contributed by atoms with Gasteiger partial charge in [-0.1, -0.05) is 279 Å². The molecule has 0 rings (SSSR count). The summed E-state index contributed by atoms with van der Waals surface area (Å²) in [7, 11) is 1.48. The van der Waals surface area contributed by atoms with Gasteiger partial charge in [-0.2, -0.15) is 0 Å². The molecule has 0 amide bonds. The van der Waals surface area contributed by atoms with Gasteiger partial charge >= 0.3 is 19.8 Å². The first-order valence-electron chi connectivity index (χ1n) is 33.2. The van der Waals surface area contributed by atoms with Crippen LogP contribution in [0.2, 0.25) is 0 Å². The molecule has 2 atom stereocenters. The summed E-state index contributed by atoms with van der Waals surface area (Å²) < 4.78 is 34.6. The zero-order chi connectivity index (χ0) is 57.7. The van der Waals surface area contributed by atoms with Gasteiger partial charge in [0.15, 0.2) is 6.10 Å². The molecule has 9 nitrogen and oxygen atoms in total. The first kappa shape index (κ1) is 76.5. The summed E-state index contributed by atoms with van der Waals surface area (Å²) >= 11 is 0. The lowest BCUT2D eigenvalue weighted by Gasteiger charge is -2.24. The van der Waals surface area contributed by atoms with Crippen molar-refractivity contribution < 1.29 is 42.1 Å². The second-order valence-electron chi connectivity index (χ2n) is 23.5. The fourth-order valence-corrected chi connectivity index (χ4v) is 10.1. The van der Waals surface area contributed by atoms with Gasteiger partial charge in [0.1, 0.15) is 19.8 Å². The molecule has 0 fully saturated rings. The molecule has 0 aromatic heterocycles. The highest BCUT2D eigenvalue weighted by Gasteiger charge is 2.27. The number of likely N-dealkylation sites (N-methyl/N-ethyl adjacent to an activating group) is 1. The van der Waals surface area contributed by atoms with Crippen LogP contribution in [-0.4, -0.2) is 74.9 Å². The van der Waals surface area contributed by atoms with E-state index in [0.717, 1.165) is 83.5 Å². The smallest absolute Gasteiger partial charge is 0.462 e. The van der Waals surface area contributed by atoms with Crippen LogP contribution in [0.1, 0.15) is 303 Å². The largest absolute Gasteiger partial charge is 0.472 e. The van der Waals surface area contributed by atoms with Gasteiger partial charge < -0.3 is 18.9 Å². The predicted molar refractivity (Wildman–Crippen MR) is 339 cm³/mol. The number of rotatable bonds is 61. The Hall–Kier alpha value is -2.55. The van der Waals surface area contributed by atoms with Gasteiger partial charge in [0, 0.05) is 12.8 Å². The summed E-state index contributed by atoms with van der Waals surface area (Å²) in [6, 6.07) is 0. The summed E-state index contributed by atoms with van der Waals surface area (Å²) in [5.41, 5.74) is 0. The maximum atomic E-state index is 12.8. The van der Waals surface area contributed by atoms with E-state index >= 15 is 0 Å². The number of quaternary nitrogens is 1. The van der Waals surface area contributed by atoms with E-state index in [9.17, 15) is 19.0 Å². The Morgan fingerprint density at radius 1 is 0.405 bits per heavy atom. The van der Waals surface area contributed by atoms with Gasteiger partial charge in [0.25, 0.3) is 0 Å². The molecule has 2 unspecified atom stereocenters. The average Bonchev–Trinajstić information content (AvgIpc) is 3.41. The Bertz CT molecular complexity index is 1560. The number of nitrogens with zero attached hydrogens (tertiary/aromatic N) is 1. The molecule has 0 aromatic carbocycles. The summed E-state index contributed by atoms with van der Waals surface area (Å²) in [4.78, 5) is 35.7. The van der Waals surface area contributed by atoms with Crippen LogP contribution in [0.15, 0.2) is 72.9 Å². The number of esters is 2. The predicted octanol–water partition coefficient (Wildman–Crippen LogP) is 21.2. The van der Waals surface area contributed by atoms with Crippen molar-refractivity contribution in [1.82, 2.24) is 0 Å². The number of hydrogen-bond donors (Lipinski definition) is 1. The van der Waals surface area contributed by atoms with E-state index in [-0.39, 0.29) is 32.0 Å². The van der Waals surface area contributed by atoms with E-state index in [1.54, 1.807) is 0 Å². The van der Waals surface area contributed by atoms with E-state index in [1.165, 1.54) is 186 Å². The minimum atomic E-state index is -4.39. The lowest BCUT2D eigenvalue weighted by molar-refractivity contribution is -0.870. The van der Waals surface area contributed by atoms with Gasteiger partial charge in [-0.05, 0) is 83.5 Å². The number of phosphoric acid groups is 1. The molecule has 0 aliphatic carbocycles. The maximum absolute atomic E-state index is 12.8. The van der Waals surface area contributed by atoms with Crippen LogP contribution in [0, 0.1) is 0 Å². The summed E-state index contributed by atoms with van der Waals surface area (Å²) in [5, 5.41) is 0. The zero-order valence-corrected chi connectivity index (χ0v) is 53.2. The van der Waals surface area contributed by atoms with Gasteiger partial charge in [-0.3, -0.25) is 18.6 Å². The van der Waals surface area contributed by atoms with E-state index in [2.05, 4.69) is 86.8 Å². The lowest BCUT2D eigenvalue weighted by Crippen LogP contribution is -2.37. The molecular weight excluding hydrogens is 1000 g/mol. The Balaban J connectivity index is 3.92. The van der Waals surface area contributed by atoms with Crippen LogP contribution < -0.4 is 0 Å². The van der Waals surface area contributed by atoms with Crippen molar-refractivity contribution in [3.8, 4) is 0 Å². The van der Waals surface area contributed by atoms with Gasteiger partial charge in [0.2, 0.25) is 0 Å². The third-order valence-corrected chi connectivity index (χ3v) is 15.5. The highest BCUT2D eigenvalue weighted by molar-refractivity contribution is 7.47. The molecular formula is C69H127NO8P+. The van der Waals surface area contributed by atoms with Crippen LogP contribution in [0.3, 0.4) is 0 Å². The Labute approximate surface area is 489 Å². The molecule has 0 heterocycles. The topological polar surface area (TPSA) is 108 Å². The number of hydrogen-bond acceptors (Lipinski definition) is 7. The van der Waals surface area contributed by atoms with E-state index in [4.69, 9.17) is 18.5 Å². The van der Waals surface area contributed by atoms with Crippen molar-refractivity contribution in [1.29, 1.82) is 0 Å². The van der Waals surface area contributed by atoms with Gasteiger partial charge in [-0.25, -0.2) is 4.57 Å². The average molecular weight is 1130 g/mol.